The number of benzene rings is 1. The Morgan fingerprint density at radius 1 is 1.45 bits per heavy atom. The van der Waals surface area contributed by atoms with Crippen LogP contribution in [0.5, 0.6) is 0 Å². The van der Waals surface area contributed by atoms with Crippen molar-refractivity contribution < 1.29 is 9.90 Å². The predicted molar refractivity (Wildman–Crippen MR) is 75.8 cm³/mol. The number of aliphatic carboxylic acids is 1. The minimum atomic E-state index is -0.781. The maximum atomic E-state index is 11.5. The molecule has 5 nitrogen and oxygen atoms in total. The van der Waals surface area contributed by atoms with Crippen molar-refractivity contribution in [3.05, 3.63) is 47.8 Å². The topological polar surface area (TPSA) is 58.4 Å². The minimum absolute atomic E-state index is 0.462. The maximum absolute atomic E-state index is 11.5. The third kappa shape index (κ3) is 2.05. The van der Waals surface area contributed by atoms with Crippen LogP contribution < -0.4 is 4.90 Å². The fourth-order valence-corrected chi connectivity index (χ4v) is 2.80. The highest BCUT2D eigenvalue weighted by atomic mass is 16.4. The van der Waals surface area contributed by atoms with Gasteiger partial charge in [-0.05, 0) is 18.1 Å². The Hall–Kier alpha value is -2.30. The second-order valence-electron chi connectivity index (χ2n) is 4.98. The first-order valence-electron chi connectivity index (χ1n) is 6.77. The number of imidazole rings is 1. The van der Waals surface area contributed by atoms with E-state index in [9.17, 15) is 9.90 Å². The molecule has 1 unspecified atom stereocenters. The number of rotatable bonds is 3. The zero-order valence-corrected chi connectivity index (χ0v) is 11.4. The Labute approximate surface area is 117 Å². The zero-order valence-electron chi connectivity index (χ0n) is 11.4. The van der Waals surface area contributed by atoms with Gasteiger partial charge in [0.25, 0.3) is 0 Å². The van der Waals surface area contributed by atoms with Crippen LogP contribution in [-0.2, 0) is 17.9 Å². The lowest BCUT2D eigenvalue weighted by Gasteiger charge is -2.33. The summed E-state index contributed by atoms with van der Waals surface area (Å²) in [4.78, 5) is 18.0. The molecule has 104 valence electrons. The van der Waals surface area contributed by atoms with Crippen LogP contribution in [0.4, 0.5) is 5.95 Å². The molecule has 1 aliphatic rings. The molecule has 0 saturated carbocycles. The van der Waals surface area contributed by atoms with Crippen molar-refractivity contribution in [1.29, 1.82) is 0 Å². The largest absolute Gasteiger partial charge is 0.481 e. The number of nitrogens with zero attached hydrogens (tertiary/aromatic N) is 3. The monoisotopic (exact) mass is 271 g/mol. The van der Waals surface area contributed by atoms with E-state index >= 15 is 0 Å². The number of anilines is 1. The van der Waals surface area contributed by atoms with E-state index in [1.54, 1.807) is 6.20 Å². The number of hydrogen-bond donors (Lipinski definition) is 1. The third-order valence-electron chi connectivity index (χ3n) is 3.81. The smallest absolute Gasteiger partial charge is 0.312 e. The molecule has 0 bridgehead atoms. The normalized spacial score (nSPS) is 17.9. The Balaban J connectivity index is 2.00. The standard InChI is InChI=1S/C15H17N3O2/c1-2-17-8-7-16-15(17)18-9-11-5-3-4-6-12(11)13(10-18)14(19)20/h3-8,13H,2,9-10H2,1H3,(H,19,20). The number of carboxylic acid groups (broad SMARTS) is 1. The first-order valence-corrected chi connectivity index (χ1v) is 6.77. The van der Waals surface area contributed by atoms with Crippen molar-refractivity contribution in [1.82, 2.24) is 9.55 Å². The number of fused-ring (bicyclic) bond motifs is 1. The van der Waals surface area contributed by atoms with Gasteiger partial charge in [-0.2, -0.15) is 0 Å². The first kappa shape index (κ1) is 12.7. The van der Waals surface area contributed by atoms with Gasteiger partial charge in [0, 0.05) is 32.0 Å². The number of aromatic nitrogens is 2. The second kappa shape index (κ2) is 5.00. The molecule has 1 aliphatic heterocycles. The van der Waals surface area contributed by atoms with Crippen LogP contribution in [0.2, 0.25) is 0 Å². The van der Waals surface area contributed by atoms with E-state index in [1.165, 1.54) is 0 Å². The number of aryl methyl sites for hydroxylation is 1. The van der Waals surface area contributed by atoms with Crippen LogP contribution in [0.15, 0.2) is 36.7 Å². The van der Waals surface area contributed by atoms with Gasteiger partial charge in [0.1, 0.15) is 0 Å². The summed E-state index contributed by atoms with van der Waals surface area (Å²) in [5.41, 5.74) is 1.99. The molecular formula is C15H17N3O2. The summed E-state index contributed by atoms with van der Waals surface area (Å²) in [5.74, 6) is -0.438. The van der Waals surface area contributed by atoms with Gasteiger partial charge < -0.3 is 14.6 Å². The van der Waals surface area contributed by atoms with Crippen LogP contribution in [0.1, 0.15) is 24.0 Å². The highest BCUT2D eigenvalue weighted by Crippen LogP contribution is 2.30. The maximum Gasteiger partial charge on any atom is 0.312 e. The van der Waals surface area contributed by atoms with Crippen molar-refractivity contribution in [3.63, 3.8) is 0 Å². The molecule has 2 heterocycles. The van der Waals surface area contributed by atoms with Crippen molar-refractivity contribution >= 4 is 11.9 Å². The molecule has 1 N–H and O–H groups in total. The molecule has 0 aliphatic carbocycles. The van der Waals surface area contributed by atoms with Crippen molar-refractivity contribution in [2.24, 2.45) is 0 Å². The van der Waals surface area contributed by atoms with Crippen molar-refractivity contribution in [2.45, 2.75) is 25.9 Å². The Morgan fingerprint density at radius 3 is 3.00 bits per heavy atom. The molecule has 0 spiro atoms. The summed E-state index contributed by atoms with van der Waals surface area (Å²) in [6.07, 6.45) is 3.68. The van der Waals surface area contributed by atoms with E-state index < -0.39 is 11.9 Å². The van der Waals surface area contributed by atoms with E-state index in [0.29, 0.717) is 13.1 Å². The van der Waals surface area contributed by atoms with Crippen molar-refractivity contribution in [3.8, 4) is 0 Å². The van der Waals surface area contributed by atoms with Gasteiger partial charge in [0.05, 0.1) is 5.92 Å². The number of carboxylic acids is 1. The van der Waals surface area contributed by atoms with Crippen LogP contribution in [-0.4, -0.2) is 27.2 Å². The van der Waals surface area contributed by atoms with E-state index in [0.717, 1.165) is 23.6 Å². The molecule has 2 aromatic rings. The zero-order chi connectivity index (χ0) is 14.1. The predicted octanol–water partition coefficient (Wildman–Crippen LogP) is 2.09. The third-order valence-corrected chi connectivity index (χ3v) is 3.81. The minimum Gasteiger partial charge on any atom is -0.481 e. The first-order chi connectivity index (χ1) is 9.70. The van der Waals surface area contributed by atoms with Gasteiger partial charge in [0.2, 0.25) is 5.95 Å². The fourth-order valence-electron chi connectivity index (χ4n) is 2.80. The Morgan fingerprint density at radius 2 is 2.25 bits per heavy atom. The molecule has 3 rings (SSSR count). The quantitative estimate of drug-likeness (QED) is 0.928. The van der Waals surface area contributed by atoms with E-state index in [1.807, 2.05) is 39.9 Å². The van der Waals surface area contributed by atoms with Gasteiger partial charge in [-0.15, -0.1) is 0 Å². The molecule has 0 fully saturated rings. The molecule has 0 radical (unpaired) electrons. The number of hydrogen-bond acceptors (Lipinski definition) is 3. The molecular weight excluding hydrogens is 254 g/mol. The summed E-state index contributed by atoms with van der Waals surface area (Å²) in [5, 5.41) is 9.47. The van der Waals surface area contributed by atoms with Crippen molar-refractivity contribution in [2.75, 3.05) is 11.4 Å². The molecule has 0 amide bonds. The van der Waals surface area contributed by atoms with Gasteiger partial charge in [0.15, 0.2) is 0 Å². The summed E-state index contributed by atoms with van der Waals surface area (Å²) in [6, 6.07) is 7.76. The summed E-state index contributed by atoms with van der Waals surface area (Å²) < 4.78 is 2.03. The van der Waals surface area contributed by atoms with Gasteiger partial charge in [-0.25, -0.2) is 4.98 Å². The molecule has 1 atom stereocenters. The van der Waals surface area contributed by atoms with Gasteiger partial charge in [-0.3, -0.25) is 4.79 Å². The Kier molecular flexibility index (Phi) is 3.18. The molecule has 1 aromatic carbocycles. The average Bonchev–Trinajstić information content (AvgIpc) is 2.94. The van der Waals surface area contributed by atoms with Crippen LogP contribution in [0, 0.1) is 0 Å². The average molecular weight is 271 g/mol. The number of carbonyl (C=O) groups is 1. The van der Waals surface area contributed by atoms with Crippen LogP contribution >= 0.6 is 0 Å². The summed E-state index contributed by atoms with van der Waals surface area (Å²) in [7, 11) is 0. The molecule has 20 heavy (non-hydrogen) atoms. The summed E-state index contributed by atoms with van der Waals surface area (Å²) in [6.45, 7) is 4.04. The molecule has 1 aromatic heterocycles. The van der Waals surface area contributed by atoms with Crippen LogP contribution in [0.3, 0.4) is 0 Å². The lowest BCUT2D eigenvalue weighted by Crippen LogP contribution is -2.38. The lowest BCUT2D eigenvalue weighted by molar-refractivity contribution is -0.138. The van der Waals surface area contributed by atoms with E-state index in [-0.39, 0.29) is 0 Å². The van der Waals surface area contributed by atoms with Crippen LogP contribution in [0.25, 0.3) is 0 Å². The van der Waals surface area contributed by atoms with Gasteiger partial charge >= 0.3 is 5.97 Å². The summed E-state index contributed by atoms with van der Waals surface area (Å²) >= 11 is 0. The lowest BCUT2D eigenvalue weighted by atomic mass is 9.90. The highest BCUT2D eigenvalue weighted by Gasteiger charge is 2.31. The second-order valence-corrected chi connectivity index (χ2v) is 4.98. The fraction of sp³-hybridized carbons (Fsp3) is 0.333. The Bertz CT molecular complexity index is 636. The SMILES string of the molecule is CCn1ccnc1N1Cc2ccccc2C(C(=O)O)C1. The molecule has 5 heteroatoms. The highest BCUT2D eigenvalue weighted by molar-refractivity contribution is 5.78. The van der Waals surface area contributed by atoms with Gasteiger partial charge in [-0.1, -0.05) is 24.3 Å². The molecule has 0 saturated heterocycles. The van der Waals surface area contributed by atoms with E-state index in [4.69, 9.17) is 0 Å². The van der Waals surface area contributed by atoms with E-state index in [2.05, 4.69) is 11.9 Å².